The van der Waals surface area contributed by atoms with Gasteiger partial charge in [-0.3, -0.25) is 4.68 Å². The summed E-state index contributed by atoms with van der Waals surface area (Å²) in [6.07, 6.45) is -3.45. The van der Waals surface area contributed by atoms with Crippen molar-refractivity contribution in [1.82, 2.24) is 9.78 Å². The van der Waals surface area contributed by atoms with E-state index in [9.17, 15) is 21.6 Å². The fourth-order valence-corrected chi connectivity index (χ4v) is 5.73. The number of aromatic nitrogens is 2. The zero-order valence-corrected chi connectivity index (χ0v) is 19.1. The van der Waals surface area contributed by atoms with Crippen LogP contribution in [0.15, 0.2) is 59.5 Å². The van der Waals surface area contributed by atoms with Crippen LogP contribution in [0.2, 0.25) is 4.34 Å². The van der Waals surface area contributed by atoms with Gasteiger partial charge in [-0.15, -0.1) is 22.7 Å². The summed E-state index contributed by atoms with van der Waals surface area (Å²) >= 11 is 8.49. The van der Waals surface area contributed by atoms with Crippen LogP contribution in [0.4, 0.5) is 13.2 Å². The minimum Gasteiger partial charge on any atom is -0.258 e. The Hall–Kier alpha value is -2.14. The fourth-order valence-electron chi connectivity index (χ4n) is 2.97. The third kappa shape index (κ3) is 4.87. The normalized spacial score (nSPS) is 12.4. The largest absolute Gasteiger partial charge is 0.435 e. The van der Waals surface area contributed by atoms with E-state index in [2.05, 4.69) is 5.10 Å². The summed E-state index contributed by atoms with van der Waals surface area (Å²) in [5, 5.41) is 3.77. The van der Waals surface area contributed by atoms with Crippen LogP contribution < -0.4 is 0 Å². The molecule has 1 aromatic carbocycles. The van der Waals surface area contributed by atoms with Gasteiger partial charge in [-0.25, -0.2) is 8.42 Å². The lowest BCUT2D eigenvalue weighted by Gasteiger charge is -2.05. The van der Waals surface area contributed by atoms with E-state index in [1.165, 1.54) is 33.4 Å². The Kier molecular flexibility index (Phi) is 5.76. The molecule has 4 rings (SSSR count). The molecule has 31 heavy (non-hydrogen) atoms. The number of rotatable bonds is 5. The first-order valence-corrected chi connectivity index (χ1v) is 12.7. The molecule has 0 unspecified atom stereocenters. The summed E-state index contributed by atoms with van der Waals surface area (Å²) in [7, 11) is -3.38. The molecule has 0 atom stereocenters. The Balaban J connectivity index is 1.75. The summed E-state index contributed by atoms with van der Waals surface area (Å²) in [6, 6.07) is 14.4. The minimum absolute atomic E-state index is 0.152. The van der Waals surface area contributed by atoms with Crippen molar-refractivity contribution >= 4 is 44.1 Å². The molecule has 3 heterocycles. The number of sulfone groups is 1. The van der Waals surface area contributed by atoms with Crippen molar-refractivity contribution in [2.24, 2.45) is 0 Å². The van der Waals surface area contributed by atoms with E-state index < -0.39 is 21.7 Å². The third-order valence-corrected chi connectivity index (χ3v) is 7.89. The van der Waals surface area contributed by atoms with Gasteiger partial charge < -0.3 is 0 Å². The van der Waals surface area contributed by atoms with Crippen LogP contribution in [0.25, 0.3) is 21.0 Å². The zero-order valence-electron chi connectivity index (χ0n) is 15.9. The van der Waals surface area contributed by atoms with Gasteiger partial charge in [0.05, 0.1) is 26.3 Å². The second kappa shape index (κ2) is 8.09. The first kappa shape index (κ1) is 22.1. The molecule has 4 aromatic rings. The van der Waals surface area contributed by atoms with Crippen LogP contribution in [0, 0.1) is 0 Å². The second-order valence-corrected chi connectivity index (χ2v) is 11.6. The minimum atomic E-state index is -4.57. The average Bonchev–Trinajstić information content (AvgIpc) is 3.40. The Morgan fingerprint density at radius 2 is 1.77 bits per heavy atom. The first-order valence-electron chi connectivity index (χ1n) is 8.81. The molecule has 0 bridgehead atoms. The molecule has 4 nitrogen and oxygen atoms in total. The van der Waals surface area contributed by atoms with Crippen LogP contribution in [-0.4, -0.2) is 24.5 Å². The van der Waals surface area contributed by atoms with Gasteiger partial charge in [0.2, 0.25) is 0 Å². The van der Waals surface area contributed by atoms with E-state index in [1.54, 1.807) is 42.5 Å². The highest BCUT2D eigenvalue weighted by atomic mass is 35.5. The van der Waals surface area contributed by atoms with E-state index in [0.717, 1.165) is 22.1 Å². The van der Waals surface area contributed by atoms with Crippen molar-refractivity contribution in [3.63, 3.8) is 0 Å². The van der Waals surface area contributed by atoms with E-state index in [4.69, 9.17) is 11.6 Å². The van der Waals surface area contributed by atoms with Crippen LogP contribution in [-0.2, 0) is 22.6 Å². The highest BCUT2D eigenvalue weighted by molar-refractivity contribution is 7.90. The maximum Gasteiger partial charge on any atom is 0.435 e. The van der Waals surface area contributed by atoms with Gasteiger partial charge >= 0.3 is 6.18 Å². The SMILES string of the molecule is CS(=O)(=O)c1cccc(-c2ccc(-c3cc(C(F)(F)F)nn3Cc3ccc(Cl)s3)s2)c1. The van der Waals surface area contributed by atoms with Gasteiger partial charge in [0, 0.05) is 16.0 Å². The molecular weight excluding hydrogens is 489 g/mol. The monoisotopic (exact) mass is 502 g/mol. The van der Waals surface area contributed by atoms with Gasteiger partial charge in [-0.05, 0) is 48.0 Å². The van der Waals surface area contributed by atoms with E-state index >= 15 is 0 Å². The summed E-state index contributed by atoms with van der Waals surface area (Å²) in [6.45, 7) is 0.152. The van der Waals surface area contributed by atoms with Gasteiger partial charge in [0.15, 0.2) is 15.5 Å². The lowest BCUT2D eigenvalue weighted by molar-refractivity contribution is -0.141. The molecule has 0 radical (unpaired) electrons. The smallest absolute Gasteiger partial charge is 0.258 e. The molecule has 0 spiro atoms. The van der Waals surface area contributed by atoms with Crippen molar-refractivity contribution in [3.8, 4) is 21.0 Å². The molecule has 0 amide bonds. The summed E-state index contributed by atoms with van der Waals surface area (Å²) in [4.78, 5) is 2.28. The number of halogens is 4. The predicted molar refractivity (Wildman–Crippen MR) is 118 cm³/mol. The molecule has 0 aliphatic carbocycles. The standard InChI is InChI=1S/C20H14ClF3N2O2S3/c1-31(27,28)14-4-2-3-12(9-14)16-6-7-17(30-16)15-10-18(20(22,23)24)25-26(15)11-13-5-8-19(21)29-13/h2-10H,11H2,1H3. The highest BCUT2D eigenvalue weighted by Gasteiger charge is 2.35. The van der Waals surface area contributed by atoms with Crippen molar-refractivity contribution < 1.29 is 21.6 Å². The molecule has 0 fully saturated rings. The Labute approximate surface area is 189 Å². The summed E-state index contributed by atoms with van der Waals surface area (Å²) < 4.78 is 65.5. The van der Waals surface area contributed by atoms with Crippen LogP contribution in [0.5, 0.6) is 0 Å². The van der Waals surface area contributed by atoms with Gasteiger partial charge in [0.25, 0.3) is 0 Å². The van der Waals surface area contributed by atoms with Crippen molar-refractivity contribution in [2.75, 3.05) is 6.26 Å². The molecule has 0 saturated carbocycles. The molecule has 0 N–H and O–H groups in total. The predicted octanol–water partition coefficient (Wildman–Crippen LogP) is 6.46. The number of benzene rings is 1. The maximum atomic E-state index is 13.3. The molecule has 162 valence electrons. The fraction of sp³-hybridized carbons (Fsp3) is 0.150. The number of hydrogen-bond donors (Lipinski definition) is 0. The van der Waals surface area contributed by atoms with Gasteiger partial charge in [-0.2, -0.15) is 18.3 Å². The van der Waals surface area contributed by atoms with Crippen molar-refractivity contribution in [2.45, 2.75) is 17.6 Å². The number of thiophene rings is 2. The summed E-state index contributed by atoms with van der Waals surface area (Å²) in [5.74, 6) is 0. The van der Waals surface area contributed by atoms with E-state index in [-0.39, 0.29) is 11.4 Å². The second-order valence-electron chi connectivity index (χ2n) is 6.74. The third-order valence-electron chi connectivity index (χ3n) is 4.41. The molecular formula is C20H14ClF3N2O2S3. The molecule has 3 aromatic heterocycles. The summed E-state index contributed by atoms with van der Waals surface area (Å²) in [5.41, 5.74) is 0.0258. The number of hydrogen-bond acceptors (Lipinski definition) is 5. The van der Waals surface area contributed by atoms with Crippen LogP contribution >= 0.6 is 34.3 Å². The molecule has 0 aliphatic heterocycles. The Morgan fingerprint density at radius 3 is 2.42 bits per heavy atom. The Morgan fingerprint density at radius 1 is 1.03 bits per heavy atom. The van der Waals surface area contributed by atoms with Crippen molar-refractivity contribution in [3.05, 3.63) is 69.5 Å². The maximum absolute atomic E-state index is 13.3. The lowest BCUT2D eigenvalue weighted by atomic mass is 10.2. The lowest BCUT2D eigenvalue weighted by Crippen LogP contribution is -2.08. The quantitative estimate of drug-likeness (QED) is 0.314. The molecule has 0 saturated heterocycles. The van der Waals surface area contributed by atoms with Crippen LogP contribution in [0.1, 0.15) is 10.6 Å². The zero-order chi connectivity index (χ0) is 22.4. The first-order chi connectivity index (χ1) is 14.5. The van der Waals surface area contributed by atoms with Crippen molar-refractivity contribution in [1.29, 1.82) is 0 Å². The highest BCUT2D eigenvalue weighted by Crippen LogP contribution is 2.38. The average molecular weight is 503 g/mol. The molecule has 0 aliphatic rings. The van der Waals surface area contributed by atoms with Gasteiger partial charge in [-0.1, -0.05) is 23.7 Å². The van der Waals surface area contributed by atoms with E-state index in [1.807, 2.05) is 0 Å². The van der Waals surface area contributed by atoms with Crippen LogP contribution in [0.3, 0.4) is 0 Å². The van der Waals surface area contributed by atoms with E-state index in [0.29, 0.717) is 20.5 Å². The van der Waals surface area contributed by atoms with Gasteiger partial charge in [0.1, 0.15) is 0 Å². The topological polar surface area (TPSA) is 52.0 Å². The number of alkyl halides is 3. The number of nitrogens with zero attached hydrogens (tertiary/aromatic N) is 2. The Bertz CT molecular complexity index is 1350. The molecule has 11 heteroatoms.